The molecule has 1 aromatic heterocycles. The number of phenolic OH excluding ortho intramolecular Hbond substituents is 1. The molecule has 0 fully saturated rings. The molecular weight excluding hydrogens is 430 g/mol. The van der Waals surface area contributed by atoms with E-state index in [2.05, 4.69) is 15.0 Å². The van der Waals surface area contributed by atoms with Crippen LogP contribution in [0.25, 0.3) is 0 Å². The Morgan fingerprint density at radius 2 is 1.97 bits per heavy atom. The number of anilines is 2. The lowest BCUT2D eigenvalue weighted by Gasteiger charge is -2.13. The van der Waals surface area contributed by atoms with Crippen molar-refractivity contribution < 1.29 is 23.1 Å². The summed E-state index contributed by atoms with van der Waals surface area (Å²) in [6.45, 7) is 2.06. The zero-order valence-corrected chi connectivity index (χ0v) is 17.4. The van der Waals surface area contributed by atoms with E-state index in [1.807, 2.05) is 0 Å². The molecule has 3 rings (SSSR count). The summed E-state index contributed by atoms with van der Waals surface area (Å²) < 4.78 is 33.1. The van der Waals surface area contributed by atoms with Crippen molar-refractivity contribution in [3.8, 4) is 11.6 Å². The minimum atomic E-state index is -3.99. The summed E-state index contributed by atoms with van der Waals surface area (Å²) in [4.78, 5) is 16.5. The lowest BCUT2D eigenvalue weighted by Crippen LogP contribution is -2.16. The van der Waals surface area contributed by atoms with E-state index in [-0.39, 0.29) is 33.5 Å². The van der Waals surface area contributed by atoms with E-state index >= 15 is 0 Å². The number of benzene rings is 2. The number of pyridine rings is 1. The van der Waals surface area contributed by atoms with Gasteiger partial charge in [-0.1, -0.05) is 17.7 Å². The smallest absolute Gasteiger partial charge is 0.261 e. The van der Waals surface area contributed by atoms with Crippen molar-refractivity contribution in [2.45, 2.75) is 11.8 Å². The monoisotopic (exact) mass is 447 g/mol. The van der Waals surface area contributed by atoms with E-state index < -0.39 is 15.9 Å². The number of halogens is 1. The zero-order chi connectivity index (χ0) is 21.7. The molecule has 8 nitrogen and oxygen atoms in total. The summed E-state index contributed by atoms with van der Waals surface area (Å²) >= 11 is 5.89. The van der Waals surface area contributed by atoms with E-state index in [4.69, 9.17) is 16.3 Å². The van der Waals surface area contributed by atoms with Crippen LogP contribution in [0.1, 0.15) is 17.3 Å². The number of nitrogens with one attached hydrogen (secondary N) is 2. The number of aromatic hydroxyl groups is 1. The lowest BCUT2D eigenvalue weighted by atomic mass is 10.2. The average Bonchev–Trinajstić information content (AvgIpc) is 2.70. The van der Waals surface area contributed by atoms with Crippen molar-refractivity contribution >= 4 is 38.9 Å². The molecule has 1 heterocycles. The van der Waals surface area contributed by atoms with E-state index in [1.54, 1.807) is 31.2 Å². The van der Waals surface area contributed by atoms with Crippen LogP contribution in [0.5, 0.6) is 11.6 Å². The van der Waals surface area contributed by atoms with Crippen molar-refractivity contribution in [2.75, 3.05) is 16.6 Å². The number of phenols is 1. The fourth-order valence-corrected chi connectivity index (χ4v) is 3.82. The highest BCUT2D eigenvalue weighted by molar-refractivity contribution is 7.92. The third-order valence-corrected chi connectivity index (χ3v) is 5.51. The maximum atomic E-state index is 12.7. The molecule has 0 unspecified atom stereocenters. The first-order valence-electron chi connectivity index (χ1n) is 8.80. The standard InChI is InChI=1S/C20H18ClN3O5S/c1-2-29-20-16(7-4-10-22-20)19(26)23-17-12-15(8-9-18(17)25)30(27,28)24-14-6-3-5-13(21)11-14/h3-12,24-25H,2H2,1H3,(H,23,26). The number of rotatable bonds is 7. The molecule has 1 amide bonds. The summed E-state index contributed by atoms with van der Waals surface area (Å²) in [6, 6.07) is 12.8. The van der Waals surface area contributed by atoms with Gasteiger partial charge in [0.2, 0.25) is 5.88 Å². The molecule has 3 N–H and O–H groups in total. The molecule has 0 radical (unpaired) electrons. The molecule has 10 heteroatoms. The molecule has 0 atom stereocenters. The number of sulfonamides is 1. The van der Waals surface area contributed by atoms with Gasteiger partial charge >= 0.3 is 0 Å². The topological polar surface area (TPSA) is 118 Å². The Labute approximate surface area is 178 Å². The summed E-state index contributed by atoms with van der Waals surface area (Å²) in [6.07, 6.45) is 1.48. The quantitative estimate of drug-likeness (QED) is 0.473. The SMILES string of the molecule is CCOc1ncccc1C(=O)Nc1cc(S(=O)(=O)Nc2cccc(Cl)c2)ccc1O. The van der Waals surface area contributed by atoms with Crippen LogP contribution in [-0.2, 0) is 10.0 Å². The Morgan fingerprint density at radius 3 is 2.70 bits per heavy atom. The normalized spacial score (nSPS) is 11.0. The van der Waals surface area contributed by atoms with Crippen molar-refractivity contribution in [2.24, 2.45) is 0 Å². The second-order valence-corrected chi connectivity index (χ2v) is 8.16. The summed E-state index contributed by atoms with van der Waals surface area (Å²) in [5, 5.41) is 13.0. The van der Waals surface area contributed by atoms with Crippen LogP contribution in [0.2, 0.25) is 5.02 Å². The molecule has 2 aromatic carbocycles. The van der Waals surface area contributed by atoms with Gasteiger partial charge in [0, 0.05) is 11.2 Å². The van der Waals surface area contributed by atoms with Crippen molar-refractivity contribution in [1.82, 2.24) is 4.98 Å². The maximum absolute atomic E-state index is 12.7. The maximum Gasteiger partial charge on any atom is 0.261 e. The number of nitrogens with zero attached hydrogens (tertiary/aromatic N) is 1. The Hall–Kier alpha value is -3.30. The average molecular weight is 448 g/mol. The number of carbonyl (C=O) groups is 1. The third kappa shape index (κ3) is 5.00. The molecule has 0 bridgehead atoms. The molecule has 3 aromatic rings. The highest BCUT2D eigenvalue weighted by atomic mass is 35.5. The van der Waals surface area contributed by atoms with E-state index in [1.165, 1.54) is 30.5 Å². The van der Waals surface area contributed by atoms with Crippen LogP contribution in [0.15, 0.2) is 65.7 Å². The number of hydrogen-bond donors (Lipinski definition) is 3. The van der Waals surface area contributed by atoms with Crippen molar-refractivity contribution in [1.29, 1.82) is 0 Å². The second kappa shape index (κ2) is 9.02. The van der Waals surface area contributed by atoms with Gasteiger partial charge in [0.1, 0.15) is 11.3 Å². The summed E-state index contributed by atoms with van der Waals surface area (Å²) in [7, 11) is -3.99. The molecule has 0 spiro atoms. The van der Waals surface area contributed by atoms with Gasteiger partial charge in [0.15, 0.2) is 0 Å². The first kappa shape index (κ1) is 21.4. The Kier molecular flexibility index (Phi) is 6.43. The number of hydrogen-bond acceptors (Lipinski definition) is 6. The van der Waals surface area contributed by atoms with Gasteiger partial charge in [-0.25, -0.2) is 13.4 Å². The predicted octanol–water partition coefficient (Wildman–Crippen LogP) is 3.89. The third-order valence-electron chi connectivity index (χ3n) is 3.90. The fourth-order valence-electron chi connectivity index (χ4n) is 2.55. The van der Waals surface area contributed by atoms with Gasteiger partial charge in [0.05, 0.1) is 22.9 Å². The van der Waals surface area contributed by atoms with Crippen LogP contribution in [0.4, 0.5) is 11.4 Å². The molecular formula is C20H18ClN3O5S. The van der Waals surface area contributed by atoms with E-state index in [0.29, 0.717) is 11.6 Å². The highest BCUT2D eigenvalue weighted by Gasteiger charge is 2.19. The van der Waals surface area contributed by atoms with Crippen molar-refractivity contribution in [3.63, 3.8) is 0 Å². The van der Waals surface area contributed by atoms with Crippen LogP contribution >= 0.6 is 11.6 Å². The van der Waals surface area contributed by atoms with Crippen LogP contribution in [0.3, 0.4) is 0 Å². The van der Waals surface area contributed by atoms with Gasteiger partial charge in [-0.2, -0.15) is 0 Å². The molecule has 0 saturated carbocycles. The Balaban J connectivity index is 1.87. The fraction of sp³-hybridized carbons (Fsp3) is 0.100. The summed E-state index contributed by atoms with van der Waals surface area (Å²) in [5.74, 6) is -0.783. The van der Waals surface area contributed by atoms with Crippen LogP contribution < -0.4 is 14.8 Å². The molecule has 156 valence electrons. The van der Waals surface area contributed by atoms with Crippen molar-refractivity contribution in [3.05, 3.63) is 71.4 Å². The first-order chi connectivity index (χ1) is 14.3. The molecule has 30 heavy (non-hydrogen) atoms. The van der Waals surface area contributed by atoms with E-state index in [0.717, 1.165) is 6.07 Å². The predicted molar refractivity (Wildman–Crippen MR) is 114 cm³/mol. The number of ether oxygens (including phenoxy) is 1. The van der Waals surface area contributed by atoms with Crippen LogP contribution in [0, 0.1) is 0 Å². The molecule has 0 aliphatic rings. The van der Waals surface area contributed by atoms with Gasteiger partial charge in [-0.3, -0.25) is 9.52 Å². The number of carbonyl (C=O) groups excluding carboxylic acids is 1. The lowest BCUT2D eigenvalue weighted by molar-refractivity contribution is 0.102. The molecule has 0 saturated heterocycles. The second-order valence-electron chi connectivity index (χ2n) is 6.04. The Bertz CT molecular complexity index is 1180. The molecule has 0 aliphatic heterocycles. The van der Waals surface area contributed by atoms with Gasteiger partial charge in [0.25, 0.3) is 15.9 Å². The van der Waals surface area contributed by atoms with Crippen LogP contribution in [-0.4, -0.2) is 31.0 Å². The number of aromatic nitrogens is 1. The minimum absolute atomic E-state index is 0.0831. The zero-order valence-electron chi connectivity index (χ0n) is 15.8. The Morgan fingerprint density at radius 1 is 1.17 bits per heavy atom. The van der Waals surface area contributed by atoms with Gasteiger partial charge < -0.3 is 15.2 Å². The first-order valence-corrected chi connectivity index (χ1v) is 10.7. The van der Waals surface area contributed by atoms with Gasteiger partial charge in [-0.15, -0.1) is 0 Å². The molecule has 0 aliphatic carbocycles. The van der Waals surface area contributed by atoms with E-state index in [9.17, 15) is 18.3 Å². The minimum Gasteiger partial charge on any atom is -0.506 e. The largest absolute Gasteiger partial charge is 0.506 e. The highest BCUT2D eigenvalue weighted by Crippen LogP contribution is 2.29. The van der Waals surface area contributed by atoms with Gasteiger partial charge in [-0.05, 0) is 55.5 Å². The number of amides is 1. The summed E-state index contributed by atoms with van der Waals surface area (Å²) in [5.41, 5.74) is 0.335.